The van der Waals surface area contributed by atoms with Gasteiger partial charge >= 0.3 is 0 Å². The number of nitrogens with zero attached hydrogens (tertiary/aromatic N) is 1. The highest BCUT2D eigenvalue weighted by Crippen LogP contribution is 2.34. The third-order valence-corrected chi connectivity index (χ3v) is 4.75. The second-order valence-electron chi connectivity index (χ2n) is 6.53. The summed E-state index contributed by atoms with van der Waals surface area (Å²) in [5.74, 6) is 1.75. The van der Waals surface area contributed by atoms with E-state index in [2.05, 4.69) is 38.1 Å². The van der Waals surface area contributed by atoms with Crippen molar-refractivity contribution in [2.75, 3.05) is 14.2 Å². The lowest BCUT2D eigenvalue weighted by atomic mass is 9.94. The number of aryl methyl sites for hydroxylation is 2. The number of methoxy groups -OCH3 is 2. The minimum absolute atomic E-state index is 0.858. The molecule has 0 aliphatic heterocycles. The molecule has 0 unspecified atom stereocenters. The van der Waals surface area contributed by atoms with E-state index < -0.39 is 0 Å². The summed E-state index contributed by atoms with van der Waals surface area (Å²) in [6, 6.07) is 14.5. The molecule has 3 rings (SSSR count). The van der Waals surface area contributed by atoms with E-state index in [-0.39, 0.29) is 0 Å². The van der Waals surface area contributed by atoms with Crippen molar-refractivity contribution in [1.29, 1.82) is 0 Å². The monoisotopic (exact) mass is 349 g/mol. The fourth-order valence-electron chi connectivity index (χ4n) is 3.47. The van der Waals surface area contributed by atoms with E-state index in [1.807, 2.05) is 18.2 Å². The molecule has 136 valence electrons. The van der Waals surface area contributed by atoms with Crippen molar-refractivity contribution in [2.24, 2.45) is 0 Å². The Kier molecular flexibility index (Phi) is 5.77. The summed E-state index contributed by atoms with van der Waals surface area (Å²) >= 11 is 0. The zero-order valence-corrected chi connectivity index (χ0v) is 16.1. The Balaban J connectivity index is 2.28. The lowest BCUT2D eigenvalue weighted by molar-refractivity contribution is 0.415. The van der Waals surface area contributed by atoms with E-state index in [9.17, 15) is 0 Å². The average Bonchev–Trinajstić information content (AvgIpc) is 2.69. The van der Waals surface area contributed by atoms with Crippen LogP contribution in [0.5, 0.6) is 11.5 Å². The number of pyridine rings is 1. The van der Waals surface area contributed by atoms with Crippen LogP contribution in [0, 0.1) is 0 Å². The first-order valence-corrected chi connectivity index (χ1v) is 9.35. The van der Waals surface area contributed by atoms with Crippen LogP contribution in [0.25, 0.3) is 22.0 Å². The van der Waals surface area contributed by atoms with Gasteiger partial charge in [0, 0.05) is 16.6 Å². The van der Waals surface area contributed by atoms with Crippen molar-refractivity contribution in [3.63, 3.8) is 0 Å². The molecule has 0 saturated carbocycles. The Labute approximate surface area is 156 Å². The largest absolute Gasteiger partial charge is 0.497 e. The Hall–Kier alpha value is -2.55. The number of fused-ring (bicyclic) bond motifs is 1. The van der Waals surface area contributed by atoms with Crippen LogP contribution >= 0.6 is 0 Å². The smallest absolute Gasteiger partial charge is 0.119 e. The summed E-state index contributed by atoms with van der Waals surface area (Å²) in [5.41, 5.74) is 4.72. The number of hydrogen-bond donors (Lipinski definition) is 0. The number of aromatic nitrogens is 1. The third-order valence-electron chi connectivity index (χ3n) is 4.75. The standard InChI is InChI=1S/C23H27NO2/c1-5-7-19-21-15-18(26-4)13-14-20(21)23(24-22(19)8-6-2)16-9-11-17(25-3)12-10-16/h9-15H,5-8H2,1-4H3. The van der Waals surface area contributed by atoms with Crippen LogP contribution in [0.3, 0.4) is 0 Å². The molecule has 0 radical (unpaired) electrons. The third kappa shape index (κ3) is 3.52. The van der Waals surface area contributed by atoms with E-state index >= 15 is 0 Å². The molecule has 0 fully saturated rings. The summed E-state index contributed by atoms with van der Waals surface area (Å²) in [7, 11) is 3.41. The Morgan fingerprint density at radius 1 is 0.769 bits per heavy atom. The van der Waals surface area contributed by atoms with Crippen LogP contribution in [-0.2, 0) is 12.8 Å². The number of hydrogen-bond acceptors (Lipinski definition) is 3. The maximum absolute atomic E-state index is 5.49. The fourth-order valence-corrected chi connectivity index (χ4v) is 3.47. The Bertz CT molecular complexity index is 885. The van der Waals surface area contributed by atoms with Crippen LogP contribution in [0.2, 0.25) is 0 Å². The number of benzene rings is 2. The van der Waals surface area contributed by atoms with Gasteiger partial charge in [0.05, 0.1) is 19.9 Å². The molecule has 0 N–H and O–H groups in total. The van der Waals surface area contributed by atoms with E-state index in [4.69, 9.17) is 14.5 Å². The highest BCUT2D eigenvalue weighted by molar-refractivity contribution is 5.98. The highest BCUT2D eigenvalue weighted by atomic mass is 16.5. The van der Waals surface area contributed by atoms with Crippen molar-refractivity contribution in [3.8, 4) is 22.8 Å². The first kappa shape index (κ1) is 18.2. The van der Waals surface area contributed by atoms with Crippen LogP contribution in [0.1, 0.15) is 37.9 Å². The van der Waals surface area contributed by atoms with Gasteiger partial charge < -0.3 is 9.47 Å². The van der Waals surface area contributed by atoms with Gasteiger partial charge in [-0.2, -0.15) is 0 Å². The van der Waals surface area contributed by atoms with Gasteiger partial charge in [0.25, 0.3) is 0 Å². The molecule has 1 heterocycles. The Morgan fingerprint density at radius 2 is 1.42 bits per heavy atom. The summed E-state index contributed by atoms with van der Waals surface area (Å²) in [5, 5.41) is 2.44. The predicted octanol–water partition coefficient (Wildman–Crippen LogP) is 5.82. The van der Waals surface area contributed by atoms with E-state index in [0.29, 0.717) is 0 Å². The van der Waals surface area contributed by atoms with Gasteiger partial charge in [0.2, 0.25) is 0 Å². The summed E-state index contributed by atoms with van der Waals surface area (Å²) in [4.78, 5) is 5.11. The predicted molar refractivity (Wildman–Crippen MR) is 108 cm³/mol. The molecular formula is C23H27NO2. The molecule has 26 heavy (non-hydrogen) atoms. The molecule has 3 aromatic rings. The molecule has 1 aromatic heterocycles. The SMILES string of the molecule is CCCc1nc(-c2ccc(OC)cc2)c2ccc(OC)cc2c1CCC. The topological polar surface area (TPSA) is 31.4 Å². The minimum Gasteiger partial charge on any atom is -0.497 e. The maximum atomic E-state index is 5.49. The van der Waals surface area contributed by atoms with E-state index in [0.717, 1.165) is 48.4 Å². The Morgan fingerprint density at radius 3 is 2.04 bits per heavy atom. The van der Waals surface area contributed by atoms with E-state index in [1.54, 1.807) is 14.2 Å². The van der Waals surface area contributed by atoms with Crippen LogP contribution in [-0.4, -0.2) is 19.2 Å². The lowest BCUT2D eigenvalue weighted by Crippen LogP contribution is -2.02. The highest BCUT2D eigenvalue weighted by Gasteiger charge is 2.15. The van der Waals surface area contributed by atoms with Gasteiger partial charge in [-0.05, 0) is 66.3 Å². The fraction of sp³-hybridized carbons (Fsp3) is 0.348. The molecule has 0 spiro atoms. The molecule has 0 atom stereocenters. The molecule has 2 aromatic carbocycles. The summed E-state index contributed by atoms with van der Waals surface area (Å²) in [6.45, 7) is 4.43. The van der Waals surface area contributed by atoms with Gasteiger partial charge in [0.15, 0.2) is 0 Å². The normalized spacial score (nSPS) is 10.9. The number of ether oxygens (including phenoxy) is 2. The summed E-state index contributed by atoms with van der Waals surface area (Å²) < 4.78 is 10.8. The van der Waals surface area contributed by atoms with Gasteiger partial charge in [-0.25, -0.2) is 0 Å². The molecule has 0 aliphatic rings. The molecule has 0 bridgehead atoms. The van der Waals surface area contributed by atoms with Crippen LogP contribution < -0.4 is 9.47 Å². The molecule has 0 aliphatic carbocycles. The second-order valence-corrected chi connectivity index (χ2v) is 6.53. The van der Waals surface area contributed by atoms with Gasteiger partial charge in [-0.1, -0.05) is 26.7 Å². The van der Waals surface area contributed by atoms with Crippen molar-refractivity contribution >= 4 is 10.8 Å². The minimum atomic E-state index is 0.858. The molecule has 0 saturated heterocycles. The van der Waals surface area contributed by atoms with E-state index in [1.165, 1.54) is 22.0 Å². The van der Waals surface area contributed by atoms with Gasteiger partial charge in [-0.3, -0.25) is 4.98 Å². The maximum Gasteiger partial charge on any atom is 0.119 e. The van der Waals surface area contributed by atoms with Crippen molar-refractivity contribution in [2.45, 2.75) is 39.5 Å². The van der Waals surface area contributed by atoms with Crippen molar-refractivity contribution in [1.82, 2.24) is 4.98 Å². The van der Waals surface area contributed by atoms with Crippen LogP contribution in [0.15, 0.2) is 42.5 Å². The molecular weight excluding hydrogens is 322 g/mol. The zero-order valence-electron chi connectivity index (χ0n) is 16.1. The second kappa shape index (κ2) is 8.22. The quantitative estimate of drug-likeness (QED) is 0.538. The first-order valence-electron chi connectivity index (χ1n) is 9.35. The van der Waals surface area contributed by atoms with Crippen LogP contribution in [0.4, 0.5) is 0 Å². The summed E-state index contributed by atoms with van der Waals surface area (Å²) in [6.07, 6.45) is 4.22. The van der Waals surface area contributed by atoms with Gasteiger partial charge in [0.1, 0.15) is 11.5 Å². The molecule has 0 amide bonds. The average molecular weight is 349 g/mol. The van der Waals surface area contributed by atoms with Crippen molar-refractivity contribution in [3.05, 3.63) is 53.7 Å². The number of rotatable bonds is 7. The molecule has 3 nitrogen and oxygen atoms in total. The lowest BCUT2D eigenvalue weighted by Gasteiger charge is -2.16. The van der Waals surface area contributed by atoms with Gasteiger partial charge in [-0.15, -0.1) is 0 Å². The molecule has 3 heteroatoms. The zero-order chi connectivity index (χ0) is 18.5. The first-order chi connectivity index (χ1) is 12.7. The van der Waals surface area contributed by atoms with Crippen molar-refractivity contribution < 1.29 is 9.47 Å².